The monoisotopic (exact) mass is 277 g/mol. The molecule has 3 aromatic rings. The van der Waals surface area contributed by atoms with E-state index in [-0.39, 0.29) is 5.91 Å². The van der Waals surface area contributed by atoms with Gasteiger partial charge in [0.25, 0.3) is 0 Å². The van der Waals surface area contributed by atoms with Crippen molar-refractivity contribution in [1.29, 1.82) is 0 Å². The highest BCUT2D eigenvalue weighted by molar-refractivity contribution is 5.90. The molecular weight excluding hydrogens is 262 g/mol. The first-order chi connectivity index (χ1) is 10.2. The third-order valence-electron chi connectivity index (χ3n) is 3.16. The summed E-state index contributed by atoms with van der Waals surface area (Å²) in [6.07, 6.45) is 3.98. The normalized spacial score (nSPS) is 11.1. The molecule has 0 aliphatic heterocycles. The van der Waals surface area contributed by atoms with Gasteiger partial charge in [-0.05, 0) is 29.8 Å². The zero-order valence-corrected chi connectivity index (χ0v) is 11.6. The molecule has 0 atom stereocenters. The van der Waals surface area contributed by atoms with Gasteiger partial charge >= 0.3 is 0 Å². The molecular formula is C17H15N3O. The van der Waals surface area contributed by atoms with Gasteiger partial charge in [0.1, 0.15) is 0 Å². The van der Waals surface area contributed by atoms with Gasteiger partial charge in [-0.15, -0.1) is 0 Å². The van der Waals surface area contributed by atoms with Crippen molar-refractivity contribution in [2.24, 2.45) is 0 Å². The molecule has 1 aromatic heterocycles. The molecule has 0 spiro atoms. The Morgan fingerprint density at radius 2 is 1.86 bits per heavy atom. The van der Waals surface area contributed by atoms with Crippen LogP contribution in [0.1, 0.15) is 18.2 Å². The van der Waals surface area contributed by atoms with E-state index >= 15 is 0 Å². The van der Waals surface area contributed by atoms with Crippen molar-refractivity contribution in [3.8, 4) is 0 Å². The molecule has 0 bridgehead atoms. The number of H-pyrrole nitrogens is 1. The molecule has 2 aromatic carbocycles. The van der Waals surface area contributed by atoms with Crippen LogP contribution in [0, 0.1) is 0 Å². The number of hydrogen-bond donors (Lipinski definition) is 2. The van der Waals surface area contributed by atoms with Crippen LogP contribution in [-0.2, 0) is 4.79 Å². The van der Waals surface area contributed by atoms with Crippen molar-refractivity contribution >= 4 is 34.6 Å². The van der Waals surface area contributed by atoms with Gasteiger partial charge in [0.15, 0.2) is 0 Å². The molecule has 21 heavy (non-hydrogen) atoms. The SMILES string of the molecule is CC(=O)Nc1ccc(/C=C/c2n[nH]c3ccccc23)cc1. The molecule has 2 N–H and O–H groups in total. The van der Waals surface area contributed by atoms with Crippen molar-refractivity contribution in [1.82, 2.24) is 10.2 Å². The number of hydrogen-bond acceptors (Lipinski definition) is 2. The number of aromatic amines is 1. The lowest BCUT2D eigenvalue weighted by Gasteiger charge is -2.01. The van der Waals surface area contributed by atoms with Crippen LogP contribution in [0.25, 0.3) is 23.1 Å². The predicted octanol–water partition coefficient (Wildman–Crippen LogP) is 3.69. The molecule has 0 radical (unpaired) electrons. The highest BCUT2D eigenvalue weighted by Crippen LogP contribution is 2.18. The lowest BCUT2D eigenvalue weighted by atomic mass is 10.1. The Morgan fingerprint density at radius 3 is 2.62 bits per heavy atom. The Kier molecular flexibility index (Phi) is 3.51. The number of carbonyl (C=O) groups is 1. The van der Waals surface area contributed by atoms with Crippen molar-refractivity contribution < 1.29 is 4.79 Å². The first kappa shape index (κ1) is 13.1. The maximum atomic E-state index is 11.0. The molecule has 0 saturated carbocycles. The fraction of sp³-hybridized carbons (Fsp3) is 0.0588. The summed E-state index contributed by atoms with van der Waals surface area (Å²) in [4.78, 5) is 11.0. The molecule has 0 aliphatic rings. The van der Waals surface area contributed by atoms with E-state index in [2.05, 4.69) is 15.5 Å². The van der Waals surface area contributed by atoms with Crippen LogP contribution in [-0.4, -0.2) is 16.1 Å². The van der Waals surface area contributed by atoms with Crippen LogP contribution in [0.4, 0.5) is 5.69 Å². The predicted molar refractivity (Wildman–Crippen MR) is 85.8 cm³/mol. The second kappa shape index (κ2) is 5.63. The molecule has 0 aliphatic carbocycles. The summed E-state index contributed by atoms with van der Waals surface area (Å²) in [5.41, 5.74) is 3.79. The van der Waals surface area contributed by atoms with Gasteiger partial charge in [0.05, 0.1) is 11.2 Å². The Hall–Kier alpha value is -2.88. The molecule has 0 fully saturated rings. The fourth-order valence-corrected chi connectivity index (χ4v) is 2.17. The van der Waals surface area contributed by atoms with E-state index in [1.165, 1.54) is 6.92 Å². The highest BCUT2D eigenvalue weighted by atomic mass is 16.1. The topological polar surface area (TPSA) is 57.8 Å². The van der Waals surface area contributed by atoms with E-state index in [0.717, 1.165) is 27.8 Å². The second-order valence-corrected chi connectivity index (χ2v) is 4.79. The van der Waals surface area contributed by atoms with Gasteiger partial charge in [0, 0.05) is 18.0 Å². The summed E-state index contributed by atoms with van der Waals surface area (Å²) in [6.45, 7) is 1.50. The highest BCUT2D eigenvalue weighted by Gasteiger charge is 2.00. The average molecular weight is 277 g/mol. The van der Waals surface area contributed by atoms with E-state index in [1.54, 1.807) is 0 Å². The minimum Gasteiger partial charge on any atom is -0.326 e. The second-order valence-electron chi connectivity index (χ2n) is 4.79. The number of amides is 1. The molecule has 104 valence electrons. The van der Waals surface area contributed by atoms with Crippen LogP contribution in [0.15, 0.2) is 48.5 Å². The number of fused-ring (bicyclic) bond motifs is 1. The number of aromatic nitrogens is 2. The molecule has 1 heterocycles. The van der Waals surface area contributed by atoms with Gasteiger partial charge in [-0.3, -0.25) is 9.89 Å². The number of anilines is 1. The number of carbonyl (C=O) groups excluding carboxylic acids is 1. The van der Waals surface area contributed by atoms with Crippen LogP contribution >= 0.6 is 0 Å². The summed E-state index contributed by atoms with van der Waals surface area (Å²) >= 11 is 0. The standard InChI is InChI=1S/C17H15N3O/c1-12(21)18-14-9-6-13(7-10-14)8-11-17-15-4-2-3-5-16(15)19-20-17/h2-11H,1H3,(H,18,21)(H,19,20)/b11-8+. The largest absolute Gasteiger partial charge is 0.326 e. The van der Waals surface area contributed by atoms with E-state index in [1.807, 2.05) is 60.7 Å². The molecule has 0 saturated heterocycles. The summed E-state index contributed by atoms with van der Waals surface area (Å²) in [5, 5.41) is 11.2. The minimum absolute atomic E-state index is 0.0683. The summed E-state index contributed by atoms with van der Waals surface area (Å²) in [6, 6.07) is 15.7. The summed E-state index contributed by atoms with van der Waals surface area (Å²) < 4.78 is 0. The third-order valence-corrected chi connectivity index (χ3v) is 3.16. The van der Waals surface area contributed by atoms with Crippen LogP contribution in [0.2, 0.25) is 0 Å². The molecule has 1 amide bonds. The summed E-state index contributed by atoms with van der Waals surface area (Å²) in [5.74, 6) is -0.0683. The smallest absolute Gasteiger partial charge is 0.221 e. The van der Waals surface area contributed by atoms with Gasteiger partial charge in [-0.25, -0.2) is 0 Å². The van der Waals surface area contributed by atoms with Gasteiger partial charge in [0.2, 0.25) is 5.91 Å². The Balaban J connectivity index is 1.81. The maximum absolute atomic E-state index is 11.0. The number of para-hydroxylation sites is 1. The molecule has 4 heteroatoms. The summed E-state index contributed by atoms with van der Waals surface area (Å²) in [7, 11) is 0. The van der Waals surface area contributed by atoms with Crippen molar-refractivity contribution in [3.05, 3.63) is 59.8 Å². The average Bonchev–Trinajstić information content (AvgIpc) is 2.89. The third kappa shape index (κ3) is 3.00. The number of benzene rings is 2. The lowest BCUT2D eigenvalue weighted by Crippen LogP contribution is -2.05. The Labute approximate surface area is 122 Å². The van der Waals surface area contributed by atoms with E-state index in [4.69, 9.17) is 0 Å². The number of rotatable bonds is 3. The number of nitrogens with zero attached hydrogens (tertiary/aromatic N) is 1. The van der Waals surface area contributed by atoms with Crippen molar-refractivity contribution in [3.63, 3.8) is 0 Å². The molecule has 3 rings (SSSR count). The van der Waals surface area contributed by atoms with Crippen molar-refractivity contribution in [2.75, 3.05) is 5.32 Å². The quantitative estimate of drug-likeness (QED) is 0.767. The zero-order valence-electron chi connectivity index (χ0n) is 11.6. The van der Waals surface area contributed by atoms with Gasteiger partial charge < -0.3 is 5.32 Å². The molecule has 4 nitrogen and oxygen atoms in total. The maximum Gasteiger partial charge on any atom is 0.221 e. The van der Waals surface area contributed by atoms with E-state index < -0.39 is 0 Å². The zero-order chi connectivity index (χ0) is 14.7. The van der Waals surface area contributed by atoms with Gasteiger partial charge in [-0.1, -0.05) is 36.4 Å². The number of nitrogens with one attached hydrogen (secondary N) is 2. The Morgan fingerprint density at radius 1 is 1.10 bits per heavy atom. The van der Waals surface area contributed by atoms with E-state index in [0.29, 0.717) is 0 Å². The fourth-order valence-electron chi connectivity index (χ4n) is 2.17. The first-order valence-corrected chi connectivity index (χ1v) is 6.71. The van der Waals surface area contributed by atoms with E-state index in [9.17, 15) is 4.79 Å². The minimum atomic E-state index is -0.0683. The van der Waals surface area contributed by atoms with Crippen LogP contribution in [0.3, 0.4) is 0 Å². The van der Waals surface area contributed by atoms with Gasteiger partial charge in [-0.2, -0.15) is 5.10 Å². The first-order valence-electron chi connectivity index (χ1n) is 6.71. The van der Waals surface area contributed by atoms with Crippen LogP contribution < -0.4 is 5.32 Å². The van der Waals surface area contributed by atoms with Crippen LogP contribution in [0.5, 0.6) is 0 Å². The lowest BCUT2D eigenvalue weighted by molar-refractivity contribution is -0.114. The molecule has 0 unspecified atom stereocenters. The van der Waals surface area contributed by atoms with Crippen molar-refractivity contribution in [2.45, 2.75) is 6.92 Å². The Bertz CT molecular complexity index is 800.